The van der Waals surface area contributed by atoms with Crippen LogP contribution in [0.25, 0.3) is 0 Å². The van der Waals surface area contributed by atoms with E-state index in [1.54, 1.807) is 30.6 Å². The molecule has 146 valence electrons. The highest BCUT2D eigenvalue weighted by Gasteiger charge is 2.25. The number of non-ortho nitro benzene ring substituents is 1. The molecule has 1 aliphatic rings. The first-order valence-corrected chi connectivity index (χ1v) is 9.27. The van der Waals surface area contributed by atoms with Gasteiger partial charge in [0.15, 0.2) is 0 Å². The smallest absolute Gasteiger partial charge is 0.269 e. The first-order chi connectivity index (χ1) is 14.1. The van der Waals surface area contributed by atoms with Crippen LogP contribution in [0.4, 0.5) is 5.69 Å². The number of carbonyl (C=O) groups is 1. The highest BCUT2D eigenvalue weighted by molar-refractivity contribution is 5.97. The summed E-state index contributed by atoms with van der Waals surface area (Å²) in [6, 6.07) is 15.6. The molecule has 0 fully saturated rings. The molecule has 0 bridgehead atoms. The van der Waals surface area contributed by atoms with Crippen molar-refractivity contribution in [2.45, 2.75) is 19.6 Å². The zero-order chi connectivity index (χ0) is 20.2. The third kappa shape index (κ3) is 4.24. The average Bonchev–Trinajstić information content (AvgIpc) is 2.75. The van der Waals surface area contributed by atoms with Gasteiger partial charge in [0.05, 0.1) is 4.92 Å². The highest BCUT2D eigenvalue weighted by atomic mass is 16.6. The van der Waals surface area contributed by atoms with Crippen LogP contribution in [0.1, 0.15) is 27.0 Å². The fraction of sp³-hybridized carbons (Fsp3) is 0.182. The number of ether oxygens (including phenoxy) is 1. The molecule has 0 saturated carbocycles. The number of nitrogens with zero attached hydrogens (tertiary/aromatic N) is 3. The first kappa shape index (κ1) is 18.6. The van der Waals surface area contributed by atoms with Crippen molar-refractivity contribution in [3.63, 3.8) is 0 Å². The van der Waals surface area contributed by atoms with E-state index in [0.29, 0.717) is 24.4 Å². The number of pyridine rings is 1. The summed E-state index contributed by atoms with van der Waals surface area (Å²) in [5.41, 5.74) is 3.52. The third-order valence-corrected chi connectivity index (χ3v) is 4.90. The maximum atomic E-state index is 12.9. The number of aromatic nitrogens is 1. The molecule has 0 N–H and O–H groups in total. The molecule has 0 radical (unpaired) electrons. The van der Waals surface area contributed by atoms with Crippen molar-refractivity contribution in [2.75, 3.05) is 6.54 Å². The number of rotatable bonds is 6. The molecule has 1 amide bonds. The highest BCUT2D eigenvalue weighted by Crippen LogP contribution is 2.25. The van der Waals surface area contributed by atoms with Crippen LogP contribution < -0.4 is 4.74 Å². The number of carbonyl (C=O) groups excluding carboxylic acids is 1. The van der Waals surface area contributed by atoms with Gasteiger partial charge in [-0.05, 0) is 53.4 Å². The van der Waals surface area contributed by atoms with E-state index in [4.69, 9.17) is 4.74 Å². The Balaban J connectivity index is 1.45. The van der Waals surface area contributed by atoms with Gasteiger partial charge in [-0.3, -0.25) is 19.9 Å². The normalized spacial score (nSPS) is 13.1. The maximum Gasteiger partial charge on any atom is 0.269 e. The molecule has 0 saturated heterocycles. The van der Waals surface area contributed by atoms with Gasteiger partial charge < -0.3 is 9.64 Å². The Kier molecular flexibility index (Phi) is 5.20. The summed E-state index contributed by atoms with van der Waals surface area (Å²) < 4.78 is 5.81. The van der Waals surface area contributed by atoms with Gasteiger partial charge in [0.2, 0.25) is 0 Å². The van der Waals surface area contributed by atoms with Crippen molar-refractivity contribution in [3.8, 4) is 5.75 Å². The van der Waals surface area contributed by atoms with Gasteiger partial charge in [0.1, 0.15) is 12.4 Å². The van der Waals surface area contributed by atoms with Crippen LogP contribution in [0, 0.1) is 10.1 Å². The standard InChI is InChI=1S/C22H19N3O4/c26-22-21-12-20(29-15-16-3-6-19(7-4-16)25(27)28)8-5-18(21)9-11-24(22)14-17-2-1-10-23-13-17/h1-8,10,12-13H,9,11,14-15H2. The van der Waals surface area contributed by atoms with Gasteiger partial charge in [0, 0.05) is 43.2 Å². The lowest BCUT2D eigenvalue weighted by atomic mass is 9.98. The average molecular weight is 389 g/mol. The zero-order valence-corrected chi connectivity index (χ0v) is 15.7. The Morgan fingerprint density at radius 1 is 1.10 bits per heavy atom. The molecule has 7 heteroatoms. The first-order valence-electron chi connectivity index (χ1n) is 9.27. The second-order valence-electron chi connectivity index (χ2n) is 6.87. The monoisotopic (exact) mass is 389 g/mol. The van der Waals surface area contributed by atoms with E-state index >= 15 is 0 Å². The zero-order valence-electron chi connectivity index (χ0n) is 15.7. The lowest BCUT2D eigenvalue weighted by Gasteiger charge is -2.29. The molecule has 1 aliphatic heterocycles. The van der Waals surface area contributed by atoms with E-state index < -0.39 is 4.92 Å². The SMILES string of the molecule is O=C1c2cc(OCc3ccc([N+](=O)[O-])cc3)ccc2CCN1Cc1cccnc1. The van der Waals surface area contributed by atoms with Crippen molar-refractivity contribution in [2.24, 2.45) is 0 Å². The summed E-state index contributed by atoms with van der Waals surface area (Å²) in [4.78, 5) is 29.2. The molecule has 1 aromatic heterocycles. The van der Waals surface area contributed by atoms with Crippen molar-refractivity contribution < 1.29 is 14.5 Å². The maximum absolute atomic E-state index is 12.9. The van der Waals surface area contributed by atoms with Crippen LogP contribution in [-0.4, -0.2) is 27.3 Å². The largest absolute Gasteiger partial charge is 0.489 e. The molecule has 4 rings (SSSR count). The molecule has 2 heterocycles. The quantitative estimate of drug-likeness (QED) is 0.473. The predicted octanol–water partition coefficient (Wildman–Crippen LogP) is 3.77. The van der Waals surface area contributed by atoms with Gasteiger partial charge in [-0.25, -0.2) is 0 Å². The lowest BCUT2D eigenvalue weighted by molar-refractivity contribution is -0.384. The van der Waals surface area contributed by atoms with Crippen LogP contribution in [-0.2, 0) is 19.6 Å². The minimum absolute atomic E-state index is 0.0177. The van der Waals surface area contributed by atoms with Crippen molar-refractivity contribution >= 4 is 11.6 Å². The summed E-state index contributed by atoms with van der Waals surface area (Å²) >= 11 is 0. The van der Waals surface area contributed by atoms with Crippen molar-refractivity contribution in [3.05, 3.63) is 99.4 Å². The Bertz CT molecular complexity index is 1040. The van der Waals surface area contributed by atoms with E-state index in [1.807, 2.05) is 29.2 Å². The number of fused-ring (bicyclic) bond motifs is 1. The predicted molar refractivity (Wildman–Crippen MR) is 107 cm³/mol. The minimum Gasteiger partial charge on any atom is -0.489 e. The third-order valence-electron chi connectivity index (χ3n) is 4.90. The van der Waals surface area contributed by atoms with Crippen LogP contribution in [0.3, 0.4) is 0 Å². The Labute approximate surface area is 167 Å². The number of nitro groups is 1. The summed E-state index contributed by atoms with van der Waals surface area (Å²) in [5.74, 6) is 0.578. The molecule has 0 spiro atoms. The van der Waals surface area contributed by atoms with E-state index in [1.165, 1.54) is 12.1 Å². The summed E-state index contributed by atoms with van der Waals surface area (Å²) in [6.45, 7) is 1.47. The molecule has 0 unspecified atom stereocenters. The molecule has 0 atom stereocenters. The van der Waals surface area contributed by atoms with Gasteiger partial charge in [-0.2, -0.15) is 0 Å². The second kappa shape index (κ2) is 8.10. The lowest BCUT2D eigenvalue weighted by Crippen LogP contribution is -2.37. The number of hydrogen-bond donors (Lipinski definition) is 0. The van der Waals surface area contributed by atoms with Crippen molar-refractivity contribution in [1.29, 1.82) is 0 Å². The van der Waals surface area contributed by atoms with E-state index in [0.717, 1.165) is 23.1 Å². The number of amides is 1. The number of nitro benzene ring substituents is 1. The number of hydrogen-bond acceptors (Lipinski definition) is 5. The van der Waals surface area contributed by atoms with Crippen LogP contribution in [0.5, 0.6) is 5.75 Å². The molecule has 29 heavy (non-hydrogen) atoms. The fourth-order valence-corrected chi connectivity index (χ4v) is 3.33. The number of benzene rings is 2. The van der Waals surface area contributed by atoms with Gasteiger partial charge in [-0.1, -0.05) is 12.1 Å². The second-order valence-corrected chi connectivity index (χ2v) is 6.87. The molecule has 7 nitrogen and oxygen atoms in total. The fourth-order valence-electron chi connectivity index (χ4n) is 3.33. The Morgan fingerprint density at radius 3 is 2.66 bits per heavy atom. The molecule has 0 aliphatic carbocycles. The molecular weight excluding hydrogens is 370 g/mol. The molecule has 3 aromatic rings. The summed E-state index contributed by atoms with van der Waals surface area (Å²) in [5, 5.41) is 10.7. The molecule has 2 aromatic carbocycles. The van der Waals surface area contributed by atoms with E-state index in [9.17, 15) is 14.9 Å². The summed E-state index contributed by atoms with van der Waals surface area (Å²) in [7, 11) is 0. The molecular formula is C22H19N3O4. The Morgan fingerprint density at radius 2 is 1.93 bits per heavy atom. The van der Waals surface area contributed by atoms with E-state index in [-0.39, 0.29) is 18.2 Å². The van der Waals surface area contributed by atoms with Crippen LogP contribution >= 0.6 is 0 Å². The van der Waals surface area contributed by atoms with Gasteiger partial charge in [0.25, 0.3) is 11.6 Å². The van der Waals surface area contributed by atoms with E-state index in [2.05, 4.69) is 4.98 Å². The van der Waals surface area contributed by atoms with Gasteiger partial charge >= 0.3 is 0 Å². The topological polar surface area (TPSA) is 85.6 Å². The van der Waals surface area contributed by atoms with Crippen molar-refractivity contribution in [1.82, 2.24) is 9.88 Å². The Hall–Kier alpha value is -3.74. The van der Waals surface area contributed by atoms with Gasteiger partial charge in [-0.15, -0.1) is 0 Å². The van der Waals surface area contributed by atoms with Crippen LogP contribution in [0.2, 0.25) is 0 Å². The minimum atomic E-state index is -0.434. The summed E-state index contributed by atoms with van der Waals surface area (Å²) in [6.07, 6.45) is 4.28. The van der Waals surface area contributed by atoms with Crippen LogP contribution in [0.15, 0.2) is 67.0 Å².